The van der Waals surface area contributed by atoms with Crippen molar-refractivity contribution in [3.05, 3.63) is 12.2 Å². The van der Waals surface area contributed by atoms with Crippen LogP contribution >= 0.6 is 0 Å². The molecule has 0 aliphatic heterocycles. The molecule has 0 saturated heterocycles. The Morgan fingerprint density at radius 3 is 0.867 bits per heavy atom. The maximum Gasteiger partial charge on any atom is 0.220 e. The van der Waals surface area contributed by atoms with E-state index in [2.05, 4.69) is 19.2 Å². The molecule has 4 heteroatoms. The standard InChI is InChI=1S/C56H111NO3/c1-3-5-7-9-11-13-15-17-19-21-23-25-27-28-29-30-32-34-36-38-40-42-44-46-48-50-52-56(60)57-54(53-58)55(59)51-49-47-45-43-41-39-37-35-33-31-26-24-22-20-18-16-14-12-10-8-6-4-2/h49,51,54-55,58-59H,3-48,50,52-53H2,1-2H3,(H,57,60)/b51-49+. The Labute approximate surface area is 377 Å². The minimum atomic E-state index is -0.835. The molecule has 0 aromatic heterocycles. The first-order chi connectivity index (χ1) is 29.7. The van der Waals surface area contributed by atoms with Gasteiger partial charge in [0.25, 0.3) is 0 Å². The maximum absolute atomic E-state index is 12.5. The Morgan fingerprint density at radius 1 is 0.383 bits per heavy atom. The van der Waals surface area contributed by atoms with E-state index in [0.717, 1.165) is 25.7 Å². The SMILES string of the molecule is CCCCCCCCCCCCCCCCCCCCCC/C=C/C(O)C(CO)NC(=O)CCCCCCCCCCCCCCCCCCCCCCCCCCCC. The molecule has 0 rings (SSSR count). The Balaban J connectivity index is 3.45. The maximum atomic E-state index is 12.5. The van der Waals surface area contributed by atoms with Gasteiger partial charge in [-0.1, -0.05) is 309 Å². The molecule has 3 N–H and O–H groups in total. The molecule has 0 radical (unpaired) electrons. The smallest absolute Gasteiger partial charge is 0.220 e. The lowest BCUT2D eigenvalue weighted by Gasteiger charge is -2.20. The number of amides is 1. The normalized spacial score (nSPS) is 12.8. The van der Waals surface area contributed by atoms with Gasteiger partial charge in [0.1, 0.15) is 0 Å². The first kappa shape index (κ1) is 59.1. The van der Waals surface area contributed by atoms with E-state index in [1.807, 2.05) is 6.08 Å². The van der Waals surface area contributed by atoms with Crippen LogP contribution in [0.4, 0.5) is 0 Å². The number of carbonyl (C=O) groups excluding carboxylic acids is 1. The van der Waals surface area contributed by atoms with Crippen LogP contribution in [-0.4, -0.2) is 34.9 Å². The number of rotatable bonds is 52. The third-order valence-corrected chi connectivity index (χ3v) is 13.3. The largest absolute Gasteiger partial charge is 0.394 e. The fraction of sp³-hybridized carbons (Fsp3) is 0.946. The van der Waals surface area contributed by atoms with Crippen LogP contribution in [0.2, 0.25) is 0 Å². The number of aliphatic hydroxyl groups is 2. The van der Waals surface area contributed by atoms with E-state index in [1.165, 1.54) is 276 Å². The highest BCUT2D eigenvalue weighted by Crippen LogP contribution is 2.18. The Bertz CT molecular complexity index is 829. The zero-order valence-electron chi connectivity index (χ0n) is 41.3. The molecule has 0 aromatic rings. The zero-order valence-corrected chi connectivity index (χ0v) is 41.3. The summed E-state index contributed by atoms with van der Waals surface area (Å²) in [7, 11) is 0. The molecule has 0 bridgehead atoms. The molecule has 2 atom stereocenters. The van der Waals surface area contributed by atoms with Crippen LogP contribution in [0.25, 0.3) is 0 Å². The van der Waals surface area contributed by atoms with Crippen LogP contribution < -0.4 is 5.32 Å². The zero-order chi connectivity index (χ0) is 43.5. The summed E-state index contributed by atoms with van der Waals surface area (Å²) in [5.74, 6) is -0.0556. The number of unbranched alkanes of at least 4 members (excludes halogenated alkanes) is 45. The van der Waals surface area contributed by atoms with E-state index in [1.54, 1.807) is 6.08 Å². The quantitative estimate of drug-likeness (QED) is 0.0422. The highest BCUT2D eigenvalue weighted by molar-refractivity contribution is 5.76. The number of allylic oxidation sites excluding steroid dienone is 1. The van der Waals surface area contributed by atoms with Crippen molar-refractivity contribution in [1.29, 1.82) is 0 Å². The molecule has 0 aliphatic rings. The average molecular weight is 847 g/mol. The van der Waals surface area contributed by atoms with Crippen molar-refractivity contribution in [2.45, 2.75) is 334 Å². The predicted molar refractivity (Wildman–Crippen MR) is 267 cm³/mol. The van der Waals surface area contributed by atoms with E-state index >= 15 is 0 Å². The summed E-state index contributed by atoms with van der Waals surface area (Å²) in [4.78, 5) is 12.5. The van der Waals surface area contributed by atoms with Crippen LogP contribution in [0.1, 0.15) is 322 Å². The van der Waals surface area contributed by atoms with Crippen molar-refractivity contribution < 1.29 is 15.0 Å². The molecule has 60 heavy (non-hydrogen) atoms. The molecular formula is C56H111NO3. The van der Waals surface area contributed by atoms with Crippen molar-refractivity contribution in [1.82, 2.24) is 5.32 Å². The van der Waals surface area contributed by atoms with E-state index in [9.17, 15) is 15.0 Å². The fourth-order valence-corrected chi connectivity index (χ4v) is 9.01. The highest BCUT2D eigenvalue weighted by Gasteiger charge is 2.18. The Morgan fingerprint density at radius 2 is 0.617 bits per heavy atom. The monoisotopic (exact) mass is 846 g/mol. The lowest BCUT2D eigenvalue weighted by atomic mass is 10.0. The lowest BCUT2D eigenvalue weighted by Crippen LogP contribution is -2.45. The summed E-state index contributed by atoms with van der Waals surface area (Å²) in [5, 5.41) is 23.2. The van der Waals surface area contributed by atoms with Gasteiger partial charge in [-0.2, -0.15) is 0 Å². The summed E-state index contributed by atoms with van der Waals surface area (Å²) in [6.07, 6.45) is 68.0. The second kappa shape index (κ2) is 52.5. The van der Waals surface area contributed by atoms with Crippen molar-refractivity contribution in [3.63, 3.8) is 0 Å². The topological polar surface area (TPSA) is 69.6 Å². The van der Waals surface area contributed by atoms with E-state index in [0.29, 0.717) is 6.42 Å². The number of carbonyl (C=O) groups is 1. The number of hydrogen-bond acceptors (Lipinski definition) is 3. The molecule has 1 amide bonds. The third kappa shape index (κ3) is 48.2. The van der Waals surface area contributed by atoms with Crippen molar-refractivity contribution in [2.75, 3.05) is 6.61 Å². The molecule has 2 unspecified atom stereocenters. The van der Waals surface area contributed by atoms with Crippen LogP contribution in [0.5, 0.6) is 0 Å². The van der Waals surface area contributed by atoms with Gasteiger partial charge in [-0.3, -0.25) is 4.79 Å². The molecule has 0 aliphatic carbocycles. The molecular weight excluding hydrogens is 735 g/mol. The van der Waals surface area contributed by atoms with E-state index < -0.39 is 12.1 Å². The van der Waals surface area contributed by atoms with Gasteiger partial charge in [-0.15, -0.1) is 0 Å². The predicted octanol–water partition coefficient (Wildman–Crippen LogP) is 18.1. The first-order valence-corrected chi connectivity index (χ1v) is 27.9. The van der Waals surface area contributed by atoms with Gasteiger partial charge >= 0.3 is 0 Å². The van der Waals surface area contributed by atoms with E-state index in [4.69, 9.17) is 0 Å². The third-order valence-electron chi connectivity index (χ3n) is 13.3. The number of hydrogen-bond donors (Lipinski definition) is 3. The average Bonchev–Trinajstić information content (AvgIpc) is 3.25. The van der Waals surface area contributed by atoms with Crippen molar-refractivity contribution >= 4 is 5.91 Å². The summed E-state index contributed by atoms with van der Waals surface area (Å²) < 4.78 is 0. The molecule has 358 valence electrons. The van der Waals surface area contributed by atoms with Gasteiger partial charge in [-0.25, -0.2) is 0 Å². The molecule has 0 fully saturated rings. The lowest BCUT2D eigenvalue weighted by molar-refractivity contribution is -0.123. The second-order valence-corrected chi connectivity index (χ2v) is 19.4. The number of aliphatic hydroxyl groups excluding tert-OH is 2. The summed E-state index contributed by atoms with van der Waals surface area (Å²) >= 11 is 0. The molecule has 0 aromatic carbocycles. The van der Waals surface area contributed by atoms with Gasteiger partial charge in [0.2, 0.25) is 5.91 Å². The Kier molecular flexibility index (Phi) is 51.7. The second-order valence-electron chi connectivity index (χ2n) is 19.4. The fourth-order valence-electron chi connectivity index (χ4n) is 9.01. The Hall–Kier alpha value is -0.870. The van der Waals surface area contributed by atoms with E-state index in [-0.39, 0.29) is 12.5 Å². The summed E-state index contributed by atoms with van der Waals surface area (Å²) in [6, 6.07) is -0.618. The van der Waals surface area contributed by atoms with Crippen LogP contribution in [0, 0.1) is 0 Å². The summed E-state index contributed by atoms with van der Waals surface area (Å²) in [6.45, 7) is 4.35. The molecule has 0 saturated carbocycles. The van der Waals surface area contributed by atoms with Crippen LogP contribution in [0.15, 0.2) is 12.2 Å². The molecule has 0 spiro atoms. The highest BCUT2D eigenvalue weighted by atomic mass is 16.3. The van der Waals surface area contributed by atoms with Gasteiger partial charge in [0.05, 0.1) is 18.8 Å². The minimum absolute atomic E-state index is 0.0556. The minimum Gasteiger partial charge on any atom is -0.394 e. The van der Waals surface area contributed by atoms with Crippen molar-refractivity contribution in [3.8, 4) is 0 Å². The molecule has 4 nitrogen and oxygen atoms in total. The van der Waals surface area contributed by atoms with Crippen molar-refractivity contribution in [2.24, 2.45) is 0 Å². The van der Waals surface area contributed by atoms with Gasteiger partial charge in [0, 0.05) is 6.42 Å². The summed E-state index contributed by atoms with van der Waals surface area (Å²) in [5.41, 5.74) is 0. The number of nitrogens with one attached hydrogen (secondary N) is 1. The first-order valence-electron chi connectivity index (χ1n) is 27.9. The van der Waals surface area contributed by atoms with Crippen LogP contribution in [-0.2, 0) is 4.79 Å². The molecule has 0 heterocycles. The van der Waals surface area contributed by atoms with Gasteiger partial charge in [0.15, 0.2) is 0 Å². The van der Waals surface area contributed by atoms with Gasteiger partial charge < -0.3 is 15.5 Å². The van der Waals surface area contributed by atoms with Crippen LogP contribution in [0.3, 0.4) is 0 Å². The van der Waals surface area contributed by atoms with Gasteiger partial charge in [-0.05, 0) is 19.3 Å².